The first kappa shape index (κ1) is 8.24. The minimum atomic E-state index is 1.04. The Morgan fingerprint density at radius 3 is 2.62 bits per heavy atom. The molecular weight excluding hydrogens is 158 g/mol. The van der Waals surface area contributed by atoms with Gasteiger partial charge in [0, 0.05) is 11.1 Å². The molecule has 1 heterocycles. The Labute approximate surface area is 78.4 Å². The van der Waals surface area contributed by atoms with Crippen LogP contribution in [0.4, 0.5) is 0 Å². The molecule has 0 aliphatic heterocycles. The third kappa shape index (κ3) is 1.21. The zero-order chi connectivity index (χ0) is 9.42. The molecule has 13 heavy (non-hydrogen) atoms. The molecule has 1 nitrogen and oxygen atoms in total. The van der Waals surface area contributed by atoms with Gasteiger partial charge in [0.2, 0.25) is 0 Å². The van der Waals surface area contributed by atoms with Crippen molar-refractivity contribution in [2.75, 3.05) is 0 Å². The Hall–Kier alpha value is -1.37. The number of aromatic nitrogens is 1. The molecule has 0 aliphatic rings. The van der Waals surface area contributed by atoms with Crippen molar-refractivity contribution in [2.45, 2.75) is 13.8 Å². The highest BCUT2D eigenvalue weighted by molar-refractivity contribution is 5.84. The van der Waals surface area contributed by atoms with E-state index in [1.54, 1.807) is 0 Å². The van der Waals surface area contributed by atoms with Gasteiger partial charge in [-0.05, 0) is 38.0 Å². The maximum Gasteiger partial charge on any atom is 0.0708 e. The number of rotatable bonds is 0. The minimum Gasteiger partial charge on any atom is -0.253 e. The number of benzene rings is 1. The maximum absolute atomic E-state index is 4.50. The van der Waals surface area contributed by atoms with Crippen molar-refractivity contribution in [3.8, 4) is 0 Å². The molecule has 2 aromatic rings. The monoisotopic (exact) mass is 170 g/mol. The molecule has 0 saturated heterocycles. The van der Waals surface area contributed by atoms with Gasteiger partial charge in [0.25, 0.3) is 0 Å². The summed E-state index contributed by atoms with van der Waals surface area (Å²) in [6.45, 7) is 8.16. The number of fused-ring (bicyclic) bond motifs is 1. The van der Waals surface area contributed by atoms with Crippen molar-refractivity contribution in [3.63, 3.8) is 0 Å². The molecule has 0 spiro atoms. The van der Waals surface area contributed by atoms with E-state index in [2.05, 4.69) is 24.9 Å². The second-order valence-corrected chi connectivity index (χ2v) is 3.32. The van der Waals surface area contributed by atoms with Gasteiger partial charge in [-0.2, -0.15) is 0 Å². The summed E-state index contributed by atoms with van der Waals surface area (Å²) in [7, 11) is 0. The zero-order valence-corrected chi connectivity index (χ0v) is 7.96. The second kappa shape index (κ2) is 2.84. The molecule has 1 aromatic carbocycles. The SMILES string of the molecule is [CH2]c1c(C)c(C)nc2ccccc12. The van der Waals surface area contributed by atoms with Crippen LogP contribution in [0.15, 0.2) is 24.3 Å². The van der Waals surface area contributed by atoms with E-state index in [9.17, 15) is 0 Å². The largest absolute Gasteiger partial charge is 0.253 e. The fraction of sp³-hybridized carbons (Fsp3) is 0.167. The van der Waals surface area contributed by atoms with Crippen LogP contribution < -0.4 is 0 Å². The fourth-order valence-corrected chi connectivity index (χ4v) is 1.51. The molecule has 1 radical (unpaired) electrons. The van der Waals surface area contributed by atoms with Crippen LogP contribution in [-0.4, -0.2) is 4.98 Å². The first-order valence-electron chi connectivity index (χ1n) is 4.38. The lowest BCUT2D eigenvalue weighted by molar-refractivity contribution is 1.18. The van der Waals surface area contributed by atoms with E-state index in [1.807, 2.05) is 25.1 Å². The predicted molar refractivity (Wildman–Crippen MR) is 55.7 cm³/mol. The first-order valence-corrected chi connectivity index (χ1v) is 4.38. The van der Waals surface area contributed by atoms with Crippen LogP contribution in [-0.2, 0) is 0 Å². The van der Waals surface area contributed by atoms with Crippen LogP contribution in [0.3, 0.4) is 0 Å². The predicted octanol–water partition coefficient (Wildman–Crippen LogP) is 3.03. The molecule has 0 fully saturated rings. The topological polar surface area (TPSA) is 12.9 Å². The molecule has 0 atom stereocenters. The average molecular weight is 170 g/mol. The third-order valence-corrected chi connectivity index (χ3v) is 2.51. The van der Waals surface area contributed by atoms with Gasteiger partial charge in [0.15, 0.2) is 0 Å². The van der Waals surface area contributed by atoms with E-state index >= 15 is 0 Å². The van der Waals surface area contributed by atoms with Gasteiger partial charge >= 0.3 is 0 Å². The summed E-state index contributed by atoms with van der Waals surface area (Å²) in [6.07, 6.45) is 0. The van der Waals surface area contributed by atoms with Crippen LogP contribution in [0.2, 0.25) is 0 Å². The number of nitrogens with zero attached hydrogens (tertiary/aromatic N) is 1. The summed E-state index contributed by atoms with van der Waals surface area (Å²) in [6, 6.07) is 8.12. The second-order valence-electron chi connectivity index (χ2n) is 3.32. The first-order chi connectivity index (χ1) is 6.20. The molecular formula is C12H12N. The average Bonchev–Trinajstić information content (AvgIpc) is 2.15. The van der Waals surface area contributed by atoms with Crippen LogP contribution in [0, 0.1) is 20.8 Å². The fourth-order valence-electron chi connectivity index (χ4n) is 1.51. The van der Waals surface area contributed by atoms with E-state index in [1.165, 1.54) is 5.56 Å². The van der Waals surface area contributed by atoms with Crippen LogP contribution in [0.25, 0.3) is 10.9 Å². The number of hydrogen-bond acceptors (Lipinski definition) is 1. The van der Waals surface area contributed by atoms with Crippen LogP contribution >= 0.6 is 0 Å². The van der Waals surface area contributed by atoms with E-state index in [4.69, 9.17) is 0 Å². The van der Waals surface area contributed by atoms with E-state index in [0.29, 0.717) is 0 Å². The molecule has 0 saturated carbocycles. The number of para-hydroxylation sites is 1. The number of hydrogen-bond donors (Lipinski definition) is 0. The molecule has 1 aromatic heterocycles. The van der Waals surface area contributed by atoms with Gasteiger partial charge in [0.1, 0.15) is 0 Å². The number of pyridine rings is 1. The van der Waals surface area contributed by atoms with Crippen molar-refractivity contribution in [3.05, 3.63) is 48.0 Å². The van der Waals surface area contributed by atoms with Crippen LogP contribution in [0.5, 0.6) is 0 Å². The maximum atomic E-state index is 4.50. The summed E-state index contributed by atoms with van der Waals surface area (Å²) >= 11 is 0. The molecule has 0 amide bonds. The highest BCUT2D eigenvalue weighted by Crippen LogP contribution is 2.20. The molecule has 0 bridgehead atoms. The Kier molecular flexibility index (Phi) is 1.80. The van der Waals surface area contributed by atoms with Crippen molar-refractivity contribution in [1.82, 2.24) is 4.98 Å². The number of aryl methyl sites for hydroxylation is 1. The molecule has 0 unspecified atom stereocenters. The van der Waals surface area contributed by atoms with Gasteiger partial charge in [0.05, 0.1) is 5.52 Å². The highest BCUT2D eigenvalue weighted by atomic mass is 14.7. The van der Waals surface area contributed by atoms with Gasteiger partial charge in [-0.25, -0.2) is 0 Å². The molecule has 0 aliphatic carbocycles. The van der Waals surface area contributed by atoms with Crippen molar-refractivity contribution in [2.24, 2.45) is 0 Å². The normalized spacial score (nSPS) is 10.7. The van der Waals surface area contributed by atoms with Crippen LogP contribution in [0.1, 0.15) is 16.8 Å². The Morgan fingerprint density at radius 1 is 1.15 bits per heavy atom. The Bertz CT molecular complexity index is 458. The third-order valence-electron chi connectivity index (χ3n) is 2.51. The molecule has 0 N–H and O–H groups in total. The van der Waals surface area contributed by atoms with E-state index in [0.717, 1.165) is 22.2 Å². The van der Waals surface area contributed by atoms with Gasteiger partial charge in [-0.15, -0.1) is 0 Å². The Balaban J connectivity index is 2.94. The Morgan fingerprint density at radius 2 is 1.85 bits per heavy atom. The highest BCUT2D eigenvalue weighted by Gasteiger charge is 2.03. The van der Waals surface area contributed by atoms with Gasteiger partial charge in [-0.3, -0.25) is 4.98 Å². The molecule has 1 heteroatoms. The quantitative estimate of drug-likeness (QED) is 0.592. The summed E-state index contributed by atoms with van der Waals surface area (Å²) in [5, 5.41) is 1.16. The molecule has 2 rings (SSSR count). The van der Waals surface area contributed by atoms with Crippen molar-refractivity contribution < 1.29 is 0 Å². The lowest BCUT2D eigenvalue weighted by Crippen LogP contribution is -1.92. The van der Waals surface area contributed by atoms with Gasteiger partial charge < -0.3 is 0 Å². The summed E-state index contributed by atoms with van der Waals surface area (Å²) in [5.41, 5.74) is 4.40. The zero-order valence-electron chi connectivity index (χ0n) is 7.96. The summed E-state index contributed by atoms with van der Waals surface area (Å²) < 4.78 is 0. The minimum absolute atomic E-state index is 1.04. The summed E-state index contributed by atoms with van der Waals surface area (Å²) in [5.74, 6) is 0. The summed E-state index contributed by atoms with van der Waals surface area (Å²) in [4.78, 5) is 4.50. The van der Waals surface area contributed by atoms with E-state index < -0.39 is 0 Å². The van der Waals surface area contributed by atoms with Crippen molar-refractivity contribution >= 4 is 10.9 Å². The smallest absolute Gasteiger partial charge is 0.0708 e. The molecule has 65 valence electrons. The van der Waals surface area contributed by atoms with Crippen molar-refractivity contribution in [1.29, 1.82) is 0 Å². The van der Waals surface area contributed by atoms with Gasteiger partial charge in [-0.1, -0.05) is 18.2 Å². The lowest BCUT2D eigenvalue weighted by atomic mass is 10.0. The lowest BCUT2D eigenvalue weighted by Gasteiger charge is -2.07. The van der Waals surface area contributed by atoms with E-state index in [-0.39, 0.29) is 0 Å². The standard InChI is InChI=1S/C12H12N/c1-8-9(2)11-6-4-5-7-12(11)13-10(8)3/h4-7H,2H2,1,3H3.